The predicted molar refractivity (Wildman–Crippen MR) is 131 cm³/mol. The van der Waals surface area contributed by atoms with Gasteiger partial charge in [0.2, 0.25) is 0 Å². The first kappa shape index (κ1) is 18.3. The van der Waals surface area contributed by atoms with Crippen molar-refractivity contribution in [3.63, 3.8) is 0 Å². The molecule has 3 aromatic rings. The molecular formula is C25H32N6O. The van der Waals surface area contributed by atoms with Gasteiger partial charge in [0, 0.05) is 60.7 Å². The fourth-order valence-corrected chi connectivity index (χ4v) is 4.08. The maximum Gasteiger partial charge on any atom is 0.136 e. The standard InChI is InChI=1S/C25H32N6O/c1-29(2)13-14-30(3)22-17-23(32-4)19(15-20(22)26)16-24-27-11-9-25(28-24)31-12-10-18-7-5-6-8-21(18)31/h5-9,11,15,17H,10,12-14,16,26H2,1-4H3/i1D3. The third kappa shape index (κ3) is 4.62. The number of hydrogen-bond donors (Lipinski definition) is 1. The minimum absolute atomic E-state index is 0.372. The maximum atomic E-state index is 7.51. The first-order valence-corrected chi connectivity index (χ1v) is 10.7. The molecule has 1 aromatic heterocycles. The van der Waals surface area contributed by atoms with Crippen LogP contribution in [0.25, 0.3) is 0 Å². The summed E-state index contributed by atoms with van der Waals surface area (Å²) in [4.78, 5) is 14.8. The second-order valence-corrected chi connectivity index (χ2v) is 8.10. The molecule has 0 fully saturated rings. The Balaban J connectivity index is 1.52. The van der Waals surface area contributed by atoms with Crippen LogP contribution in [0.5, 0.6) is 5.75 Å². The molecule has 0 saturated heterocycles. The minimum atomic E-state index is -2.13. The van der Waals surface area contributed by atoms with Crippen molar-refractivity contribution in [2.75, 3.05) is 63.3 Å². The highest BCUT2D eigenvalue weighted by molar-refractivity contribution is 5.72. The molecule has 32 heavy (non-hydrogen) atoms. The molecule has 7 nitrogen and oxygen atoms in total. The van der Waals surface area contributed by atoms with Crippen LogP contribution in [-0.4, -0.2) is 62.7 Å². The monoisotopic (exact) mass is 435 g/mol. The van der Waals surface area contributed by atoms with Crippen molar-refractivity contribution in [2.24, 2.45) is 0 Å². The number of benzene rings is 2. The van der Waals surface area contributed by atoms with E-state index in [2.05, 4.69) is 28.1 Å². The topological polar surface area (TPSA) is 70.8 Å². The molecule has 0 amide bonds. The van der Waals surface area contributed by atoms with Crippen LogP contribution < -0.4 is 20.3 Å². The Kier molecular flexibility index (Phi) is 5.39. The Hall–Kier alpha value is -3.32. The van der Waals surface area contributed by atoms with E-state index in [-0.39, 0.29) is 0 Å². The number of para-hydroxylation sites is 1. The average Bonchev–Trinajstić information content (AvgIpc) is 3.26. The van der Waals surface area contributed by atoms with Gasteiger partial charge in [-0.1, -0.05) is 18.2 Å². The second kappa shape index (κ2) is 9.44. The molecule has 1 aliphatic heterocycles. The predicted octanol–water partition coefficient (Wildman–Crippen LogP) is 3.35. The highest BCUT2D eigenvalue weighted by atomic mass is 16.5. The number of hydrogen-bond acceptors (Lipinski definition) is 7. The largest absolute Gasteiger partial charge is 0.496 e. The number of fused-ring (bicyclic) bond motifs is 1. The van der Waals surface area contributed by atoms with Crippen molar-refractivity contribution >= 4 is 22.9 Å². The van der Waals surface area contributed by atoms with Crippen LogP contribution in [0.15, 0.2) is 48.7 Å². The van der Waals surface area contributed by atoms with Crippen molar-refractivity contribution in [1.82, 2.24) is 14.9 Å². The van der Waals surface area contributed by atoms with Crippen LogP contribution >= 0.6 is 0 Å². The van der Waals surface area contributed by atoms with E-state index >= 15 is 0 Å². The summed E-state index contributed by atoms with van der Waals surface area (Å²) in [7, 11) is 5.10. The van der Waals surface area contributed by atoms with Crippen LogP contribution in [-0.2, 0) is 12.8 Å². The fourth-order valence-electron chi connectivity index (χ4n) is 4.08. The SMILES string of the molecule is [2H]C([2H])([2H])N(C)CCN(C)c1cc(OC)c(Cc2nccc(N3CCc4ccccc43)n2)cc1N. The van der Waals surface area contributed by atoms with Gasteiger partial charge in [0.25, 0.3) is 0 Å². The lowest BCUT2D eigenvalue weighted by Crippen LogP contribution is -2.29. The second-order valence-electron chi connectivity index (χ2n) is 8.10. The summed E-state index contributed by atoms with van der Waals surface area (Å²) in [6.07, 6.45) is 3.26. The molecule has 0 unspecified atom stereocenters. The fraction of sp³-hybridized carbons (Fsp3) is 0.360. The normalized spacial score (nSPS) is 14.6. The molecule has 0 spiro atoms. The van der Waals surface area contributed by atoms with Gasteiger partial charge < -0.3 is 25.2 Å². The summed E-state index contributed by atoms with van der Waals surface area (Å²) in [5.41, 5.74) is 11.2. The number of methoxy groups -OCH3 is 1. The molecular weight excluding hydrogens is 400 g/mol. The number of anilines is 4. The molecule has 4 rings (SSSR count). The van der Waals surface area contributed by atoms with E-state index in [1.165, 1.54) is 16.2 Å². The lowest BCUT2D eigenvalue weighted by atomic mass is 10.1. The number of nitrogens with two attached hydrogens (primary N) is 1. The van der Waals surface area contributed by atoms with Gasteiger partial charge in [0.05, 0.1) is 18.5 Å². The van der Waals surface area contributed by atoms with Crippen LogP contribution in [0.1, 0.15) is 21.1 Å². The summed E-state index contributed by atoms with van der Waals surface area (Å²) in [5, 5.41) is 0. The van der Waals surface area contributed by atoms with E-state index in [4.69, 9.17) is 19.6 Å². The highest BCUT2D eigenvalue weighted by Gasteiger charge is 2.21. The van der Waals surface area contributed by atoms with Crippen molar-refractivity contribution in [3.05, 3.63) is 65.6 Å². The lowest BCUT2D eigenvalue weighted by Gasteiger charge is -2.24. The zero-order valence-corrected chi connectivity index (χ0v) is 18.9. The summed E-state index contributed by atoms with van der Waals surface area (Å²) < 4.78 is 28.2. The van der Waals surface area contributed by atoms with Crippen molar-refractivity contribution in [3.8, 4) is 5.75 Å². The number of nitrogens with zero attached hydrogens (tertiary/aromatic N) is 5. The van der Waals surface area contributed by atoms with Crippen LogP contribution in [0.2, 0.25) is 0 Å². The summed E-state index contributed by atoms with van der Waals surface area (Å²) in [6.45, 7) is -0.357. The quantitative estimate of drug-likeness (QED) is 0.544. The van der Waals surface area contributed by atoms with Gasteiger partial charge in [0.1, 0.15) is 17.4 Å². The molecule has 0 radical (unpaired) electrons. The van der Waals surface area contributed by atoms with E-state index in [0.29, 0.717) is 36.8 Å². The minimum Gasteiger partial charge on any atom is -0.496 e. The van der Waals surface area contributed by atoms with Gasteiger partial charge >= 0.3 is 0 Å². The molecule has 0 aliphatic carbocycles. The van der Waals surface area contributed by atoms with Gasteiger partial charge in [-0.05, 0) is 44.2 Å². The molecule has 2 heterocycles. The Morgan fingerprint density at radius 3 is 2.84 bits per heavy atom. The molecule has 1 aliphatic rings. The summed E-state index contributed by atoms with van der Waals surface area (Å²) in [6, 6.07) is 14.1. The Morgan fingerprint density at radius 2 is 2.03 bits per heavy atom. The number of likely N-dealkylation sites (N-methyl/N-ethyl adjacent to an activating group) is 2. The Bertz CT molecular complexity index is 1190. The van der Waals surface area contributed by atoms with Crippen molar-refractivity contribution in [1.29, 1.82) is 0 Å². The van der Waals surface area contributed by atoms with E-state index < -0.39 is 6.98 Å². The number of aromatic nitrogens is 2. The van der Waals surface area contributed by atoms with Gasteiger partial charge in [0.15, 0.2) is 0 Å². The van der Waals surface area contributed by atoms with Crippen molar-refractivity contribution in [2.45, 2.75) is 12.8 Å². The third-order valence-electron chi connectivity index (χ3n) is 5.81. The highest BCUT2D eigenvalue weighted by Crippen LogP contribution is 2.34. The Labute approximate surface area is 194 Å². The lowest BCUT2D eigenvalue weighted by molar-refractivity contribution is 0.409. The van der Waals surface area contributed by atoms with Crippen molar-refractivity contribution < 1.29 is 8.85 Å². The molecule has 168 valence electrons. The zero-order valence-electron chi connectivity index (χ0n) is 21.9. The first-order chi connectivity index (χ1) is 16.7. The maximum absolute atomic E-state index is 7.51. The van der Waals surface area contributed by atoms with Gasteiger partial charge in [-0.3, -0.25) is 0 Å². The Morgan fingerprint density at radius 1 is 1.19 bits per heavy atom. The molecule has 7 heteroatoms. The summed E-state index contributed by atoms with van der Waals surface area (Å²) >= 11 is 0. The van der Waals surface area contributed by atoms with Gasteiger partial charge in [-0.15, -0.1) is 0 Å². The summed E-state index contributed by atoms with van der Waals surface area (Å²) in [5.74, 6) is 2.25. The van der Waals surface area contributed by atoms with Gasteiger partial charge in [-0.25, -0.2) is 9.97 Å². The van der Waals surface area contributed by atoms with Gasteiger partial charge in [-0.2, -0.15) is 0 Å². The van der Waals surface area contributed by atoms with E-state index in [9.17, 15) is 0 Å². The van der Waals surface area contributed by atoms with Crippen LogP contribution in [0.4, 0.5) is 22.9 Å². The van der Waals surface area contributed by atoms with E-state index in [0.717, 1.165) is 30.0 Å². The van der Waals surface area contributed by atoms with E-state index in [1.54, 1.807) is 20.4 Å². The molecule has 2 N–H and O–H groups in total. The smallest absolute Gasteiger partial charge is 0.136 e. The molecule has 0 saturated carbocycles. The number of rotatable bonds is 8. The average molecular weight is 436 g/mol. The first-order valence-electron chi connectivity index (χ1n) is 12.2. The molecule has 0 bridgehead atoms. The third-order valence-corrected chi connectivity index (χ3v) is 5.81. The van der Waals surface area contributed by atoms with E-state index in [1.807, 2.05) is 36.2 Å². The number of ether oxygens (including phenoxy) is 1. The van der Waals surface area contributed by atoms with Crippen LogP contribution in [0, 0.1) is 0 Å². The molecule has 2 aromatic carbocycles. The van der Waals surface area contributed by atoms with Crippen LogP contribution in [0.3, 0.4) is 0 Å². The molecule has 0 atom stereocenters. The zero-order chi connectivity index (χ0) is 25.2. The number of nitrogen functional groups attached to an aromatic ring is 1.